The molecule has 0 aromatic heterocycles. The summed E-state index contributed by atoms with van der Waals surface area (Å²) in [6.07, 6.45) is 2.31. The number of hydrogen-bond acceptors (Lipinski definition) is 3. The third kappa shape index (κ3) is 4.68. The highest BCUT2D eigenvalue weighted by atomic mass is 79.9. The lowest BCUT2D eigenvalue weighted by Gasteiger charge is -2.34. The van der Waals surface area contributed by atoms with Crippen molar-refractivity contribution >= 4 is 21.8 Å². The number of nitrogens with two attached hydrogens (primary N) is 1. The van der Waals surface area contributed by atoms with E-state index in [4.69, 9.17) is 10.5 Å². The van der Waals surface area contributed by atoms with Gasteiger partial charge in [-0.25, -0.2) is 4.39 Å². The molecule has 0 radical (unpaired) electrons. The van der Waals surface area contributed by atoms with Crippen LogP contribution in [0.2, 0.25) is 0 Å². The predicted molar refractivity (Wildman–Crippen MR) is 87.2 cm³/mol. The van der Waals surface area contributed by atoms with Crippen LogP contribution in [0.1, 0.15) is 26.2 Å². The summed E-state index contributed by atoms with van der Waals surface area (Å²) in [6, 6.07) is 4.70. The standard InChI is InChI=1S/C16H22BrFN2O2/c1-11(19)12-3-2-7-20(10-12)16(21)6-8-22-15-5-4-13(17)9-14(15)18/h4-5,9,11-12H,2-3,6-8,10,19H2,1H3. The zero-order chi connectivity index (χ0) is 16.1. The number of piperidine rings is 1. The normalized spacial score (nSPS) is 19.8. The lowest BCUT2D eigenvalue weighted by Crippen LogP contribution is -2.45. The molecule has 0 aliphatic carbocycles. The molecule has 2 N–H and O–H groups in total. The van der Waals surface area contributed by atoms with E-state index < -0.39 is 5.82 Å². The second-order valence-corrected chi connectivity index (χ2v) is 6.69. The Morgan fingerprint density at radius 2 is 2.36 bits per heavy atom. The molecule has 1 saturated heterocycles. The molecule has 4 nitrogen and oxygen atoms in total. The first kappa shape index (κ1) is 17.2. The van der Waals surface area contributed by atoms with Gasteiger partial charge in [0.25, 0.3) is 0 Å². The number of rotatable bonds is 5. The third-order valence-corrected chi connectivity index (χ3v) is 4.51. The lowest BCUT2D eigenvalue weighted by molar-refractivity contribution is -0.133. The molecule has 1 aliphatic rings. The highest BCUT2D eigenvalue weighted by Crippen LogP contribution is 2.22. The van der Waals surface area contributed by atoms with Crippen LogP contribution in [0.4, 0.5) is 4.39 Å². The Labute approximate surface area is 138 Å². The fourth-order valence-electron chi connectivity index (χ4n) is 2.66. The summed E-state index contributed by atoms with van der Waals surface area (Å²) in [5, 5.41) is 0. The first-order chi connectivity index (χ1) is 10.5. The third-order valence-electron chi connectivity index (χ3n) is 4.02. The summed E-state index contributed by atoms with van der Waals surface area (Å²) in [4.78, 5) is 14.0. The van der Waals surface area contributed by atoms with Gasteiger partial charge in [-0.05, 0) is 43.9 Å². The number of amides is 1. The van der Waals surface area contributed by atoms with Crippen LogP contribution in [0.3, 0.4) is 0 Å². The van der Waals surface area contributed by atoms with E-state index in [0.717, 1.165) is 19.4 Å². The van der Waals surface area contributed by atoms with Crippen LogP contribution in [0, 0.1) is 11.7 Å². The van der Waals surface area contributed by atoms with Crippen LogP contribution in [-0.4, -0.2) is 36.5 Å². The Morgan fingerprint density at radius 1 is 1.59 bits per heavy atom. The van der Waals surface area contributed by atoms with Gasteiger partial charge in [-0.1, -0.05) is 15.9 Å². The number of ether oxygens (including phenoxy) is 1. The van der Waals surface area contributed by atoms with Gasteiger partial charge in [-0.3, -0.25) is 4.79 Å². The average Bonchev–Trinajstić information content (AvgIpc) is 2.49. The number of likely N-dealkylation sites (tertiary alicyclic amines) is 1. The van der Waals surface area contributed by atoms with Crippen molar-refractivity contribution in [2.24, 2.45) is 11.7 Å². The van der Waals surface area contributed by atoms with Crippen molar-refractivity contribution in [1.29, 1.82) is 0 Å². The van der Waals surface area contributed by atoms with Gasteiger partial charge < -0.3 is 15.4 Å². The van der Waals surface area contributed by atoms with Crippen molar-refractivity contribution in [3.8, 4) is 5.75 Å². The summed E-state index contributed by atoms with van der Waals surface area (Å²) >= 11 is 3.19. The van der Waals surface area contributed by atoms with E-state index in [9.17, 15) is 9.18 Å². The predicted octanol–water partition coefficient (Wildman–Crippen LogP) is 2.94. The Hall–Kier alpha value is -1.14. The van der Waals surface area contributed by atoms with E-state index in [1.807, 2.05) is 11.8 Å². The monoisotopic (exact) mass is 372 g/mol. The Kier molecular flexibility index (Phi) is 6.20. The maximum absolute atomic E-state index is 13.6. The van der Waals surface area contributed by atoms with Crippen LogP contribution in [-0.2, 0) is 4.79 Å². The number of carbonyl (C=O) groups excluding carboxylic acids is 1. The molecule has 1 amide bonds. The van der Waals surface area contributed by atoms with Gasteiger partial charge in [-0.15, -0.1) is 0 Å². The highest BCUT2D eigenvalue weighted by Gasteiger charge is 2.25. The van der Waals surface area contributed by atoms with Crippen molar-refractivity contribution in [3.05, 3.63) is 28.5 Å². The number of carbonyl (C=O) groups is 1. The van der Waals surface area contributed by atoms with E-state index in [-0.39, 0.29) is 30.7 Å². The zero-order valence-corrected chi connectivity index (χ0v) is 14.3. The first-order valence-electron chi connectivity index (χ1n) is 7.58. The topological polar surface area (TPSA) is 55.6 Å². The smallest absolute Gasteiger partial charge is 0.226 e. The summed E-state index contributed by atoms with van der Waals surface area (Å²) in [7, 11) is 0. The van der Waals surface area contributed by atoms with Gasteiger partial charge in [-0.2, -0.15) is 0 Å². The molecule has 1 aromatic carbocycles. The molecule has 1 aliphatic heterocycles. The van der Waals surface area contributed by atoms with E-state index in [2.05, 4.69) is 15.9 Å². The first-order valence-corrected chi connectivity index (χ1v) is 8.38. The molecule has 6 heteroatoms. The van der Waals surface area contributed by atoms with Crippen molar-refractivity contribution in [3.63, 3.8) is 0 Å². The Bertz CT molecular complexity index is 525. The molecule has 1 aromatic rings. The van der Waals surface area contributed by atoms with Crippen LogP contribution < -0.4 is 10.5 Å². The quantitative estimate of drug-likeness (QED) is 0.864. The zero-order valence-electron chi connectivity index (χ0n) is 12.7. The van der Waals surface area contributed by atoms with Gasteiger partial charge >= 0.3 is 0 Å². The molecule has 2 atom stereocenters. The molecule has 0 saturated carbocycles. The SMILES string of the molecule is CC(N)C1CCCN(C(=O)CCOc2ccc(Br)cc2F)C1. The lowest BCUT2D eigenvalue weighted by atomic mass is 9.92. The number of benzene rings is 1. The van der Waals surface area contributed by atoms with Gasteiger partial charge in [0.1, 0.15) is 0 Å². The van der Waals surface area contributed by atoms with Gasteiger partial charge in [0.2, 0.25) is 5.91 Å². The van der Waals surface area contributed by atoms with Crippen molar-refractivity contribution in [2.75, 3.05) is 19.7 Å². The van der Waals surface area contributed by atoms with E-state index >= 15 is 0 Å². The number of hydrogen-bond donors (Lipinski definition) is 1. The molecule has 0 spiro atoms. The van der Waals surface area contributed by atoms with Crippen molar-refractivity contribution in [1.82, 2.24) is 4.90 Å². The number of nitrogens with zero attached hydrogens (tertiary/aromatic N) is 1. The summed E-state index contributed by atoms with van der Waals surface area (Å²) in [5.41, 5.74) is 5.93. The van der Waals surface area contributed by atoms with Crippen LogP contribution in [0.15, 0.2) is 22.7 Å². The fraction of sp³-hybridized carbons (Fsp3) is 0.562. The molecule has 2 rings (SSSR count). The molecular formula is C16H22BrFN2O2. The van der Waals surface area contributed by atoms with Gasteiger partial charge in [0, 0.05) is 23.6 Å². The van der Waals surface area contributed by atoms with Crippen molar-refractivity contribution in [2.45, 2.75) is 32.2 Å². The summed E-state index contributed by atoms with van der Waals surface area (Å²) < 4.78 is 19.6. The van der Waals surface area contributed by atoms with E-state index in [0.29, 0.717) is 16.9 Å². The van der Waals surface area contributed by atoms with E-state index in [1.54, 1.807) is 12.1 Å². The summed E-state index contributed by atoms with van der Waals surface area (Å²) in [6.45, 7) is 3.65. The second-order valence-electron chi connectivity index (χ2n) is 5.77. The molecule has 1 fully saturated rings. The maximum Gasteiger partial charge on any atom is 0.226 e. The van der Waals surface area contributed by atoms with Crippen molar-refractivity contribution < 1.29 is 13.9 Å². The second kappa shape index (κ2) is 7.92. The van der Waals surface area contributed by atoms with Gasteiger partial charge in [0.15, 0.2) is 11.6 Å². The minimum atomic E-state index is -0.434. The highest BCUT2D eigenvalue weighted by molar-refractivity contribution is 9.10. The minimum Gasteiger partial charge on any atom is -0.490 e. The molecule has 0 bridgehead atoms. The molecular weight excluding hydrogens is 351 g/mol. The van der Waals surface area contributed by atoms with Crippen LogP contribution >= 0.6 is 15.9 Å². The summed E-state index contributed by atoms with van der Waals surface area (Å²) in [5.74, 6) is 0.144. The Balaban J connectivity index is 1.80. The Morgan fingerprint density at radius 3 is 3.05 bits per heavy atom. The van der Waals surface area contributed by atoms with Crippen LogP contribution in [0.5, 0.6) is 5.75 Å². The molecule has 2 unspecified atom stereocenters. The van der Waals surface area contributed by atoms with Gasteiger partial charge in [0.05, 0.1) is 13.0 Å². The molecule has 22 heavy (non-hydrogen) atoms. The fourth-order valence-corrected chi connectivity index (χ4v) is 3.00. The maximum atomic E-state index is 13.6. The number of halogens is 2. The minimum absolute atomic E-state index is 0.0443. The van der Waals surface area contributed by atoms with Crippen LogP contribution in [0.25, 0.3) is 0 Å². The molecule has 1 heterocycles. The largest absolute Gasteiger partial charge is 0.490 e. The van der Waals surface area contributed by atoms with E-state index in [1.165, 1.54) is 6.07 Å². The average molecular weight is 373 g/mol. The molecule has 122 valence electrons.